The van der Waals surface area contributed by atoms with Crippen molar-refractivity contribution in [1.82, 2.24) is 0 Å². The second-order valence-corrected chi connectivity index (χ2v) is 16.8. The first-order chi connectivity index (χ1) is 30.3. The highest BCUT2D eigenvalue weighted by atomic mass is 31.2. The van der Waals surface area contributed by atoms with Crippen LogP contribution in [0.4, 0.5) is 5.69 Å². The molecule has 310 valence electrons. The summed E-state index contributed by atoms with van der Waals surface area (Å²) in [6.45, 7) is 3.86. The quantitative estimate of drug-likeness (QED) is 0.0522. The van der Waals surface area contributed by atoms with Gasteiger partial charge in [-0.15, -0.1) is 0 Å². The summed E-state index contributed by atoms with van der Waals surface area (Å²) in [4.78, 5) is 16.3. The van der Waals surface area contributed by atoms with Crippen molar-refractivity contribution >= 4 is 20.5 Å². The number of benzene rings is 7. The number of ether oxygens (including phenoxy) is 2. The number of nitro benzene ring substituents is 1. The van der Waals surface area contributed by atoms with Gasteiger partial charge in [-0.2, -0.15) is 0 Å². The van der Waals surface area contributed by atoms with E-state index in [1.165, 1.54) is 12.1 Å². The molecule has 2 aliphatic heterocycles. The Morgan fingerprint density at radius 2 is 0.935 bits per heavy atom. The highest BCUT2D eigenvalue weighted by molar-refractivity contribution is 7.41. The molecule has 0 radical (unpaired) electrons. The summed E-state index contributed by atoms with van der Waals surface area (Å²) in [7, 11) is -2.40. The van der Waals surface area contributed by atoms with Gasteiger partial charge in [0, 0.05) is 18.3 Å². The van der Waals surface area contributed by atoms with Crippen molar-refractivity contribution in [3.8, 4) is 0 Å². The van der Waals surface area contributed by atoms with Crippen molar-refractivity contribution in [1.29, 1.82) is 0 Å². The molecule has 0 bridgehead atoms. The molecule has 0 unspecified atom stereocenters. The lowest BCUT2D eigenvalue weighted by atomic mass is 9.72. The van der Waals surface area contributed by atoms with Crippen LogP contribution in [0.5, 0.6) is 0 Å². The zero-order valence-corrected chi connectivity index (χ0v) is 35.1. The van der Waals surface area contributed by atoms with E-state index in [4.69, 9.17) is 28.0 Å². The van der Waals surface area contributed by atoms with Crippen LogP contribution >= 0.6 is 8.60 Å². The fraction of sp³-hybridized carbons (Fsp3) is 0.173. The third-order valence-corrected chi connectivity index (χ3v) is 12.7. The number of fused-ring (bicyclic) bond motifs is 1. The van der Waals surface area contributed by atoms with Crippen LogP contribution < -0.4 is 0 Å². The predicted molar refractivity (Wildman–Crippen MR) is 240 cm³/mol. The highest BCUT2D eigenvalue weighted by Gasteiger charge is 2.67. The van der Waals surface area contributed by atoms with E-state index >= 15 is 0 Å². The molecule has 2 heterocycles. The number of hydrogen-bond donors (Lipinski definition) is 0. The molecule has 7 aromatic rings. The maximum absolute atomic E-state index is 11.5. The van der Waals surface area contributed by atoms with E-state index in [1.54, 1.807) is 18.3 Å². The lowest BCUT2D eigenvalue weighted by Gasteiger charge is -2.41. The Labute approximate surface area is 362 Å². The van der Waals surface area contributed by atoms with Crippen molar-refractivity contribution in [2.45, 2.75) is 55.2 Å². The predicted octanol–water partition coefficient (Wildman–Crippen LogP) is 12.2. The van der Waals surface area contributed by atoms with Crippen molar-refractivity contribution in [3.05, 3.63) is 255 Å². The summed E-state index contributed by atoms with van der Waals surface area (Å²) < 4.78 is 37.3. The van der Waals surface area contributed by atoms with Gasteiger partial charge in [-0.1, -0.05) is 182 Å². The molecular weight excluding hydrogens is 796 g/mol. The van der Waals surface area contributed by atoms with E-state index in [-0.39, 0.29) is 5.69 Å². The van der Waals surface area contributed by atoms with Gasteiger partial charge >= 0.3 is 8.60 Å². The van der Waals surface area contributed by atoms with Crippen LogP contribution in [0.2, 0.25) is 0 Å². The van der Waals surface area contributed by atoms with E-state index in [1.807, 2.05) is 147 Å². The molecule has 2 saturated heterocycles. The second-order valence-electron chi connectivity index (χ2n) is 15.7. The van der Waals surface area contributed by atoms with E-state index in [9.17, 15) is 10.1 Å². The molecule has 62 heavy (non-hydrogen) atoms. The Balaban J connectivity index is 1.29. The lowest BCUT2D eigenvalue weighted by molar-refractivity contribution is -0.384. The summed E-state index contributed by atoms with van der Waals surface area (Å²) >= 11 is 0. The van der Waals surface area contributed by atoms with Gasteiger partial charge in [0.25, 0.3) is 5.69 Å². The van der Waals surface area contributed by atoms with Crippen molar-refractivity contribution in [2.24, 2.45) is 4.99 Å². The molecule has 4 atom stereocenters. The van der Waals surface area contributed by atoms with E-state index in [2.05, 4.69) is 48.5 Å². The third-order valence-electron chi connectivity index (χ3n) is 11.4. The van der Waals surface area contributed by atoms with Crippen LogP contribution in [-0.4, -0.2) is 29.1 Å². The third kappa shape index (κ3) is 8.03. The summed E-state index contributed by atoms with van der Waals surface area (Å²) in [5.41, 5.74) is 3.11. The fourth-order valence-corrected chi connectivity index (χ4v) is 10.2. The molecule has 9 rings (SSSR count). The van der Waals surface area contributed by atoms with E-state index in [0.717, 1.165) is 33.4 Å². The van der Waals surface area contributed by atoms with Crippen LogP contribution in [0.25, 0.3) is 0 Å². The molecule has 2 fully saturated rings. The SMILES string of the molecule is CC1(C)O[C@@H]2[C@@H](O1)C(c1ccccc1)(c1ccccc1)OP(O[C@H](c1ccccc1)[C@@H](N=Cc1ccc([N+](=O)[O-])cc1)c1ccccc1)OC2(c1ccccc1)c1ccccc1. The van der Waals surface area contributed by atoms with Crippen molar-refractivity contribution in [2.75, 3.05) is 0 Å². The normalized spacial score (nSPS) is 20.2. The van der Waals surface area contributed by atoms with Gasteiger partial charge in [0.05, 0.1) is 4.92 Å². The van der Waals surface area contributed by atoms with Crippen molar-refractivity contribution in [3.63, 3.8) is 0 Å². The summed E-state index contributed by atoms with van der Waals surface area (Å²) in [5.74, 6) is -1.05. The molecular formula is C52H45N2O7P. The number of aliphatic imine (C=N–C) groups is 1. The molecule has 9 nitrogen and oxygen atoms in total. The molecule has 0 aromatic heterocycles. The first kappa shape index (κ1) is 41.2. The maximum atomic E-state index is 11.5. The average Bonchev–Trinajstić information content (AvgIpc) is 3.61. The number of nitrogens with zero attached hydrogens (tertiary/aromatic N) is 2. The van der Waals surface area contributed by atoms with Crippen molar-refractivity contribution < 1.29 is 28.0 Å². The topological polar surface area (TPSA) is 102 Å². The summed E-state index contributed by atoms with van der Waals surface area (Å²) in [6, 6.07) is 66.0. The van der Waals surface area contributed by atoms with Crippen LogP contribution in [0.1, 0.15) is 64.9 Å². The summed E-state index contributed by atoms with van der Waals surface area (Å²) in [6.07, 6.45) is -0.602. The molecule has 0 spiro atoms. The zero-order chi connectivity index (χ0) is 42.6. The van der Waals surface area contributed by atoms with Gasteiger partial charge in [-0.25, -0.2) is 0 Å². The molecule has 7 aromatic carbocycles. The van der Waals surface area contributed by atoms with Gasteiger partial charge in [0.15, 0.2) is 17.0 Å². The number of nitro groups is 1. The average molecular weight is 841 g/mol. The molecule has 0 amide bonds. The Kier molecular flexibility index (Phi) is 11.7. The van der Waals surface area contributed by atoms with Gasteiger partial charge in [-0.05, 0) is 64.9 Å². The minimum Gasteiger partial charge on any atom is -0.341 e. The van der Waals surface area contributed by atoms with Gasteiger partial charge in [0.2, 0.25) is 0 Å². The van der Waals surface area contributed by atoms with Crippen LogP contribution in [0.3, 0.4) is 0 Å². The minimum atomic E-state index is -2.40. The van der Waals surface area contributed by atoms with Crippen LogP contribution in [-0.2, 0) is 34.2 Å². The minimum absolute atomic E-state index is 0.000499. The number of non-ortho nitro benzene ring substituents is 1. The second kappa shape index (κ2) is 17.7. The molecule has 2 aliphatic rings. The Bertz CT molecular complexity index is 2400. The van der Waals surface area contributed by atoms with E-state index < -0.39 is 54.9 Å². The highest BCUT2D eigenvalue weighted by Crippen LogP contribution is 2.66. The molecule has 10 heteroatoms. The van der Waals surface area contributed by atoms with Gasteiger partial charge in [-0.3, -0.25) is 24.2 Å². The zero-order valence-electron chi connectivity index (χ0n) is 34.2. The Morgan fingerprint density at radius 1 is 0.565 bits per heavy atom. The fourth-order valence-electron chi connectivity index (χ4n) is 8.57. The first-order valence-electron chi connectivity index (χ1n) is 20.6. The Hall–Kier alpha value is -6.16. The monoisotopic (exact) mass is 840 g/mol. The first-order valence-corrected chi connectivity index (χ1v) is 21.7. The largest absolute Gasteiger partial charge is 0.341 e. The molecule has 0 aliphatic carbocycles. The smallest absolute Gasteiger partial charge is 0.336 e. The van der Waals surface area contributed by atoms with E-state index in [0.29, 0.717) is 5.56 Å². The lowest BCUT2D eigenvalue weighted by Crippen LogP contribution is -2.53. The molecule has 0 saturated carbocycles. The number of hydrogen-bond acceptors (Lipinski definition) is 8. The summed E-state index contributed by atoms with van der Waals surface area (Å²) in [5, 5.41) is 11.5. The molecule has 0 N–H and O–H groups in total. The van der Waals surface area contributed by atoms with Crippen LogP contribution in [0.15, 0.2) is 211 Å². The van der Waals surface area contributed by atoms with Gasteiger partial charge < -0.3 is 14.0 Å². The Morgan fingerprint density at radius 3 is 1.32 bits per heavy atom. The standard InChI is InChI=1S/C52H45N2O7P/c1-50(2)57-48-49(58-50)52(43-29-17-7-18-30-43,44-31-19-8-20-32-44)61-62(60-51(48,41-25-13-5-14-26-41)42-27-15-6-16-28-42)59-47(40-23-11-4-12-24-40)46(39-21-9-3-10-22-39)53-37-38-33-35-45(36-34-38)54(55)56/h3-37,46-49H,1-2H3/t46-,47+,48+,49+/m0/s1. The van der Waals surface area contributed by atoms with Crippen LogP contribution in [0, 0.1) is 10.1 Å². The maximum Gasteiger partial charge on any atom is 0.336 e. The van der Waals surface area contributed by atoms with Gasteiger partial charge in [0.1, 0.15) is 24.4 Å². The number of rotatable bonds is 12.